The van der Waals surface area contributed by atoms with Crippen molar-refractivity contribution < 1.29 is 19.7 Å². The molecule has 3 aromatic rings. The molecule has 28 heavy (non-hydrogen) atoms. The van der Waals surface area contributed by atoms with E-state index in [9.17, 15) is 15.0 Å². The van der Waals surface area contributed by atoms with Gasteiger partial charge >= 0.3 is 0 Å². The van der Waals surface area contributed by atoms with Crippen LogP contribution in [0.5, 0.6) is 17.2 Å². The SMILES string of the molecule is CCC(=C1c2cccc(O)c2C(=O)c2c(O)cccc21)c1ccc(OC)cc1. The van der Waals surface area contributed by atoms with Gasteiger partial charge in [-0.05, 0) is 58.5 Å². The lowest BCUT2D eigenvalue weighted by molar-refractivity contribution is 0.103. The quantitative estimate of drug-likeness (QED) is 0.530. The zero-order valence-corrected chi connectivity index (χ0v) is 15.7. The van der Waals surface area contributed by atoms with Gasteiger partial charge in [0.1, 0.15) is 17.2 Å². The van der Waals surface area contributed by atoms with Crippen molar-refractivity contribution in [3.8, 4) is 17.2 Å². The first kappa shape index (κ1) is 17.9. The smallest absolute Gasteiger partial charge is 0.201 e. The van der Waals surface area contributed by atoms with E-state index >= 15 is 0 Å². The largest absolute Gasteiger partial charge is 0.507 e. The van der Waals surface area contributed by atoms with E-state index < -0.39 is 0 Å². The maximum atomic E-state index is 13.1. The summed E-state index contributed by atoms with van der Waals surface area (Å²) in [6.07, 6.45) is 0.708. The molecule has 0 saturated heterocycles. The highest BCUT2D eigenvalue weighted by molar-refractivity contribution is 6.23. The number of hydrogen-bond donors (Lipinski definition) is 2. The van der Waals surface area contributed by atoms with E-state index in [-0.39, 0.29) is 28.4 Å². The average Bonchev–Trinajstić information content (AvgIpc) is 2.71. The van der Waals surface area contributed by atoms with Crippen LogP contribution >= 0.6 is 0 Å². The molecule has 4 nitrogen and oxygen atoms in total. The van der Waals surface area contributed by atoms with E-state index in [1.54, 1.807) is 19.2 Å². The Morgan fingerprint density at radius 2 is 1.39 bits per heavy atom. The summed E-state index contributed by atoms with van der Waals surface area (Å²) in [7, 11) is 1.62. The van der Waals surface area contributed by atoms with E-state index in [1.165, 1.54) is 12.1 Å². The number of fused-ring (bicyclic) bond motifs is 2. The second kappa shape index (κ2) is 6.89. The molecular formula is C24H20O4. The Balaban J connectivity index is 2.09. The van der Waals surface area contributed by atoms with Gasteiger partial charge in [-0.25, -0.2) is 0 Å². The van der Waals surface area contributed by atoms with E-state index in [0.717, 1.165) is 22.5 Å². The maximum absolute atomic E-state index is 13.1. The van der Waals surface area contributed by atoms with Crippen molar-refractivity contribution in [2.75, 3.05) is 7.11 Å². The summed E-state index contributed by atoms with van der Waals surface area (Å²) in [5.41, 5.74) is 4.68. The van der Waals surface area contributed by atoms with Gasteiger partial charge in [0.15, 0.2) is 0 Å². The number of carbonyl (C=O) groups is 1. The van der Waals surface area contributed by atoms with Crippen molar-refractivity contribution in [2.24, 2.45) is 0 Å². The van der Waals surface area contributed by atoms with Crippen molar-refractivity contribution in [1.29, 1.82) is 0 Å². The highest BCUT2D eigenvalue weighted by atomic mass is 16.5. The second-order valence-electron chi connectivity index (χ2n) is 6.66. The molecule has 0 aromatic heterocycles. The molecule has 140 valence electrons. The Morgan fingerprint density at radius 3 is 1.86 bits per heavy atom. The number of methoxy groups -OCH3 is 1. The molecule has 0 heterocycles. The minimum absolute atomic E-state index is 0.0842. The van der Waals surface area contributed by atoms with Crippen LogP contribution in [-0.4, -0.2) is 23.1 Å². The number of phenols is 2. The topological polar surface area (TPSA) is 66.8 Å². The number of aromatic hydroxyl groups is 2. The highest BCUT2D eigenvalue weighted by Crippen LogP contribution is 2.46. The van der Waals surface area contributed by atoms with Gasteiger partial charge in [-0.3, -0.25) is 4.79 Å². The van der Waals surface area contributed by atoms with Crippen molar-refractivity contribution >= 4 is 16.9 Å². The van der Waals surface area contributed by atoms with Gasteiger partial charge in [-0.15, -0.1) is 0 Å². The summed E-state index contributed by atoms with van der Waals surface area (Å²) in [5, 5.41) is 20.8. The van der Waals surface area contributed by atoms with Gasteiger partial charge in [-0.1, -0.05) is 43.3 Å². The molecule has 1 aliphatic rings. The third kappa shape index (κ3) is 2.65. The van der Waals surface area contributed by atoms with Crippen LogP contribution in [0.25, 0.3) is 11.1 Å². The normalized spacial score (nSPS) is 12.4. The number of benzene rings is 3. The Kier molecular flexibility index (Phi) is 4.40. The summed E-state index contributed by atoms with van der Waals surface area (Å²) >= 11 is 0. The number of allylic oxidation sites excluding steroid dienone is 1. The molecule has 0 aliphatic heterocycles. The molecule has 3 aromatic carbocycles. The molecule has 0 amide bonds. The molecule has 1 aliphatic carbocycles. The zero-order chi connectivity index (χ0) is 19.8. The Morgan fingerprint density at radius 1 is 0.857 bits per heavy atom. The van der Waals surface area contributed by atoms with E-state index in [1.807, 2.05) is 43.3 Å². The monoisotopic (exact) mass is 372 g/mol. The molecule has 0 fully saturated rings. The fourth-order valence-corrected chi connectivity index (χ4v) is 3.89. The summed E-state index contributed by atoms with van der Waals surface area (Å²) in [4.78, 5) is 13.1. The number of carbonyl (C=O) groups excluding carboxylic acids is 1. The summed E-state index contributed by atoms with van der Waals surface area (Å²) in [6, 6.07) is 17.9. The minimum Gasteiger partial charge on any atom is -0.507 e. The van der Waals surface area contributed by atoms with Crippen molar-refractivity contribution in [1.82, 2.24) is 0 Å². The molecular weight excluding hydrogens is 352 g/mol. The Bertz CT molecular complexity index is 1050. The van der Waals surface area contributed by atoms with E-state index in [2.05, 4.69) is 0 Å². The fraction of sp³-hybridized carbons (Fsp3) is 0.125. The summed E-state index contributed by atoms with van der Waals surface area (Å²) in [6.45, 7) is 2.05. The van der Waals surface area contributed by atoms with Gasteiger partial charge in [0, 0.05) is 0 Å². The van der Waals surface area contributed by atoms with E-state index in [0.29, 0.717) is 17.5 Å². The first-order valence-corrected chi connectivity index (χ1v) is 9.13. The van der Waals surface area contributed by atoms with Crippen LogP contribution in [0.1, 0.15) is 46.0 Å². The van der Waals surface area contributed by atoms with Crippen molar-refractivity contribution in [3.63, 3.8) is 0 Å². The van der Waals surface area contributed by atoms with Gasteiger partial charge in [0.25, 0.3) is 0 Å². The lowest BCUT2D eigenvalue weighted by atomic mass is 9.77. The molecule has 4 heteroatoms. The lowest BCUT2D eigenvalue weighted by Crippen LogP contribution is -2.16. The summed E-state index contributed by atoms with van der Waals surface area (Å²) < 4.78 is 5.26. The number of phenolic OH excluding ortho intramolecular Hbond substituents is 2. The molecule has 0 unspecified atom stereocenters. The number of hydrogen-bond acceptors (Lipinski definition) is 4. The van der Waals surface area contributed by atoms with Crippen LogP contribution in [0.4, 0.5) is 0 Å². The maximum Gasteiger partial charge on any atom is 0.201 e. The van der Waals surface area contributed by atoms with Crippen LogP contribution < -0.4 is 4.74 Å². The van der Waals surface area contributed by atoms with Crippen molar-refractivity contribution in [3.05, 3.63) is 88.5 Å². The fourth-order valence-electron chi connectivity index (χ4n) is 3.89. The van der Waals surface area contributed by atoms with Gasteiger partial charge in [-0.2, -0.15) is 0 Å². The molecule has 4 rings (SSSR count). The molecule has 0 spiro atoms. The number of rotatable bonds is 3. The van der Waals surface area contributed by atoms with Crippen molar-refractivity contribution in [2.45, 2.75) is 13.3 Å². The molecule has 0 atom stereocenters. The minimum atomic E-state index is -0.366. The van der Waals surface area contributed by atoms with Crippen LogP contribution in [0.15, 0.2) is 60.7 Å². The van der Waals surface area contributed by atoms with Gasteiger partial charge in [0.2, 0.25) is 5.78 Å². The first-order chi connectivity index (χ1) is 13.6. The molecule has 0 radical (unpaired) electrons. The standard InChI is InChI=1S/C24H20O4/c1-3-16(14-10-12-15(28-2)13-11-14)21-17-6-4-8-19(25)22(17)24(27)23-18(21)7-5-9-20(23)26/h4-13,25-26H,3H2,1-2H3. The molecule has 0 bridgehead atoms. The first-order valence-electron chi connectivity index (χ1n) is 9.13. The van der Waals surface area contributed by atoms with Crippen LogP contribution in [-0.2, 0) is 0 Å². The van der Waals surface area contributed by atoms with Gasteiger partial charge in [0.05, 0.1) is 18.2 Å². The predicted octanol–water partition coefficient (Wildman–Crippen LogP) is 5.02. The van der Waals surface area contributed by atoms with E-state index in [4.69, 9.17) is 4.74 Å². The second-order valence-corrected chi connectivity index (χ2v) is 6.66. The van der Waals surface area contributed by atoms with Crippen LogP contribution in [0.3, 0.4) is 0 Å². The van der Waals surface area contributed by atoms with Crippen LogP contribution in [0, 0.1) is 0 Å². The lowest BCUT2D eigenvalue weighted by Gasteiger charge is -2.26. The molecule has 0 saturated carbocycles. The van der Waals surface area contributed by atoms with Crippen LogP contribution in [0.2, 0.25) is 0 Å². The van der Waals surface area contributed by atoms with Gasteiger partial charge < -0.3 is 14.9 Å². The highest BCUT2D eigenvalue weighted by Gasteiger charge is 2.33. The Labute approximate surface area is 163 Å². The summed E-state index contributed by atoms with van der Waals surface area (Å²) in [5.74, 6) is 0.229. The zero-order valence-electron chi connectivity index (χ0n) is 15.7. The third-order valence-electron chi connectivity index (χ3n) is 5.17. The molecule has 2 N–H and O–H groups in total. The number of ketones is 1. The third-order valence-corrected chi connectivity index (χ3v) is 5.17. The number of ether oxygens (including phenoxy) is 1. The predicted molar refractivity (Wildman–Crippen MR) is 109 cm³/mol. The Hall–Kier alpha value is -3.53. The average molecular weight is 372 g/mol.